The topological polar surface area (TPSA) is 72.9 Å². The van der Waals surface area contributed by atoms with Gasteiger partial charge in [-0.15, -0.1) is 4.31 Å². The summed E-state index contributed by atoms with van der Waals surface area (Å²) in [4.78, 5) is 12.6. The highest BCUT2D eigenvalue weighted by molar-refractivity contribution is 7.89. The van der Waals surface area contributed by atoms with Crippen LogP contribution in [0.5, 0.6) is 0 Å². The van der Waals surface area contributed by atoms with Gasteiger partial charge in [0.2, 0.25) is 10.0 Å². The summed E-state index contributed by atoms with van der Waals surface area (Å²) in [6, 6.07) is 5.46. The van der Waals surface area contributed by atoms with E-state index in [1.807, 2.05) is 26.6 Å². The number of methoxy groups -OCH3 is 1. The summed E-state index contributed by atoms with van der Waals surface area (Å²) in [5, 5.41) is -1.20. The molecule has 2 atom stereocenters. The Bertz CT molecular complexity index is 813. The molecule has 0 amide bonds. The molecular formula is C18H27NO5SSi. The lowest BCUT2D eigenvalue weighted by Gasteiger charge is -2.61. The van der Waals surface area contributed by atoms with Crippen molar-refractivity contribution >= 4 is 24.1 Å². The fraction of sp³-hybridized carbons (Fsp3) is 0.500. The quantitative estimate of drug-likeness (QED) is 0.419. The number of aryl methyl sites for hydroxylation is 1. The number of carbonyl (C=O) groups excluding carboxylic acids is 1. The zero-order chi connectivity index (χ0) is 19.9. The lowest BCUT2D eigenvalue weighted by atomic mass is 9.98. The van der Waals surface area contributed by atoms with Gasteiger partial charge in [0.15, 0.2) is 0 Å². The van der Waals surface area contributed by atoms with Crippen LogP contribution in [0, 0.1) is 6.92 Å². The highest BCUT2D eigenvalue weighted by Crippen LogP contribution is 2.51. The van der Waals surface area contributed by atoms with Crippen molar-refractivity contribution < 1.29 is 22.7 Å². The molecule has 1 unspecified atom stereocenters. The van der Waals surface area contributed by atoms with E-state index in [0.717, 1.165) is 9.87 Å². The van der Waals surface area contributed by atoms with E-state index < -0.39 is 35.5 Å². The van der Waals surface area contributed by atoms with Crippen molar-refractivity contribution in [3.8, 4) is 0 Å². The molecule has 2 rings (SSSR count). The molecule has 0 aliphatic carbocycles. The predicted octanol–water partition coefficient (Wildman–Crippen LogP) is 2.71. The second-order valence-corrected chi connectivity index (χ2v) is 14.4. The maximum atomic E-state index is 13.4. The Morgan fingerprint density at radius 3 is 2.23 bits per heavy atom. The van der Waals surface area contributed by atoms with Crippen LogP contribution in [0.2, 0.25) is 19.6 Å². The molecule has 0 spiro atoms. The number of benzene rings is 1. The number of ether oxygens (including phenoxy) is 2. The Hall–Kier alpha value is -1.48. The number of rotatable bonds is 6. The minimum atomic E-state index is -3.99. The fourth-order valence-electron chi connectivity index (χ4n) is 3.51. The Kier molecular flexibility index (Phi) is 5.54. The third-order valence-electron chi connectivity index (χ3n) is 4.71. The maximum absolute atomic E-state index is 13.4. The molecule has 0 bridgehead atoms. The van der Waals surface area contributed by atoms with Crippen LogP contribution in [0.3, 0.4) is 0 Å². The van der Waals surface area contributed by atoms with Crippen molar-refractivity contribution in [2.24, 2.45) is 0 Å². The van der Waals surface area contributed by atoms with Crippen molar-refractivity contribution in [2.75, 3.05) is 13.7 Å². The molecule has 1 aromatic carbocycles. The van der Waals surface area contributed by atoms with Crippen LogP contribution in [0.1, 0.15) is 12.5 Å². The Labute approximate surface area is 156 Å². The highest BCUT2D eigenvalue weighted by Gasteiger charge is 2.69. The van der Waals surface area contributed by atoms with E-state index in [0.29, 0.717) is 5.57 Å². The predicted molar refractivity (Wildman–Crippen MR) is 103 cm³/mol. The van der Waals surface area contributed by atoms with Crippen molar-refractivity contribution in [1.29, 1.82) is 0 Å². The lowest BCUT2D eigenvalue weighted by Crippen LogP contribution is -2.80. The maximum Gasteiger partial charge on any atom is 0.328 e. The Balaban J connectivity index is 2.65. The van der Waals surface area contributed by atoms with Crippen LogP contribution in [0.15, 0.2) is 41.3 Å². The molecule has 1 fully saturated rings. The van der Waals surface area contributed by atoms with Crippen molar-refractivity contribution in [3.05, 3.63) is 42.0 Å². The van der Waals surface area contributed by atoms with Gasteiger partial charge in [0.05, 0.1) is 11.5 Å². The number of hydrogen-bond donors (Lipinski definition) is 0. The Morgan fingerprint density at radius 2 is 1.81 bits per heavy atom. The summed E-state index contributed by atoms with van der Waals surface area (Å²) in [6.45, 7) is 13.7. The fourth-order valence-corrected chi connectivity index (χ4v) is 8.93. The average molecular weight is 398 g/mol. The van der Waals surface area contributed by atoms with Crippen LogP contribution < -0.4 is 0 Å². The van der Waals surface area contributed by atoms with Crippen molar-refractivity contribution in [3.63, 3.8) is 0 Å². The largest absolute Gasteiger partial charge is 0.465 e. The molecule has 1 aliphatic heterocycles. The number of nitrogens with zero attached hydrogens (tertiary/aromatic N) is 1. The molecule has 8 heteroatoms. The number of sulfonamides is 1. The minimum Gasteiger partial charge on any atom is -0.465 e. The van der Waals surface area contributed by atoms with Gasteiger partial charge in [-0.3, -0.25) is 0 Å². The molecule has 0 saturated carbocycles. The summed E-state index contributed by atoms with van der Waals surface area (Å²) in [5.41, 5.74) is 1.38. The van der Waals surface area contributed by atoms with E-state index in [1.54, 1.807) is 31.2 Å². The standard InChI is InChI=1S/C18H27NO5SSi/c1-8-24-17(20)16-14(3)18(23-4,26(5,6)7)19(16)25(21,22)15-11-9-13(2)10-12-15/h9-12,16H,3,8H2,1-2,4-7H3/t16-,18?/m0/s1. The molecule has 0 aromatic heterocycles. The van der Waals surface area contributed by atoms with E-state index in [2.05, 4.69) is 6.58 Å². The van der Waals surface area contributed by atoms with Crippen LogP contribution in [0.4, 0.5) is 0 Å². The van der Waals surface area contributed by atoms with Gasteiger partial charge in [0.25, 0.3) is 0 Å². The SMILES string of the molecule is C=C1[C@@H](C(=O)OCC)N(S(=O)(=O)c2ccc(C)cc2)C1(OC)[Si](C)(C)C. The average Bonchev–Trinajstić information content (AvgIpc) is 2.52. The van der Waals surface area contributed by atoms with Gasteiger partial charge in [0.1, 0.15) is 19.5 Å². The molecular weight excluding hydrogens is 370 g/mol. The van der Waals surface area contributed by atoms with Gasteiger partial charge in [-0.1, -0.05) is 43.9 Å². The van der Waals surface area contributed by atoms with Gasteiger partial charge < -0.3 is 9.47 Å². The first-order valence-corrected chi connectivity index (χ1v) is 13.4. The molecule has 1 saturated heterocycles. The molecule has 1 aliphatic rings. The number of carbonyl (C=O) groups is 1. The molecule has 0 N–H and O–H groups in total. The smallest absolute Gasteiger partial charge is 0.328 e. The highest BCUT2D eigenvalue weighted by atomic mass is 32.2. The van der Waals surface area contributed by atoms with Crippen LogP contribution in [-0.4, -0.2) is 51.9 Å². The first-order valence-electron chi connectivity index (χ1n) is 8.47. The lowest BCUT2D eigenvalue weighted by molar-refractivity contribution is -0.160. The van der Waals surface area contributed by atoms with E-state index in [4.69, 9.17) is 9.47 Å². The van der Waals surface area contributed by atoms with E-state index in [-0.39, 0.29) is 11.5 Å². The summed E-state index contributed by atoms with van der Waals surface area (Å²) in [5.74, 6) is -0.626. The van der Waals surface area contributed by atoms with E-state index in [1.165, 1.54) is 7.11 Å². The van der Waals surface area contributed by atoms with E-state index in [9.17, 15) is 13.2 Å². The summed E-state index contributed by atoms with van der Waals surface area (Å²) in [6.07, 6.45) is 0. The zero-order valence-corrected chi connectivity index (χ0v) is 18.0. The number of esters is 1. The molecule has 6 nitrogen and oxygen atoms in total. The normalized spacial score (nSPS) is 24.2. The molecule has 1 heterocycles. The first-order chi connectivity index (χ1) is 11.9. The summed E-state index contributed by atoms with van der Waals surface area (Å²) in [7, 11) is -4.82. The summed E-state index contributed by atoms with van der Waals surface area (Å²) >= 11 is 0. The van der Waals surface area contributed by atoms with Crippen molar-refractivity contribution in [1.82, 2.24) is 4.31 Å². The second kappa shape index (κ2) is 6.92. The molecule has 26 heavy (non-hydrogen) atoms. The van der Waals surface area contributed by atoms with Crippen LogP contribution in [-0.2, 0) is 24.3 Å². The van der Waals surface area contributed by atoms with Crippen LogP contribution >= 0.6 is 0 Å². The minimum absolute atomic E-state index is 0.115. The third-order valence-corrected chi connectivity index (χ3v) is 9.52. The Morgan fingerprint density at radius 1 is 1.27 bits per heavy atom. The van der Waals surface area contributed by atoms with E-state index >= 15 is 0 Å². The van der Waals surface area contributed by atoms with Gasteiger partial charge in [-0.05, 0) is 31.6 Å². The third kappa shape index (κ3) is 2.94. The van der Waals surface area contributed by atoms with Crippen LogP contribution in [0.25, 0.3) is 0 Å². The van der Waals surface area contributed by atoms with Gasteiger partial charge in [-0.2, -0.15) is 0 Å². The second-order valence-electron chi connectivity index (χ2n) is 7.39. The van der Waals surface area contributed by atoms with Gasteiger partial charge in [-0.25, -0.2) is 13.2 Å². The van der Waals surface area contributed by atoms with Gasteiger partial charge >= 0.3 is 5.97 Å². The molecule has 144 valence electrons. The monoisotopic (exact) mass is 397 g/mol. The zero-order valence-electron chi connectivity index (χ0n) is 16.2. The van der Waals surface area contributed by atoms with Gasteiger partial charge in [0, 0.05) is 7.11 Å². The number of hydrogen-bond acceptors (Lipinski definition) is 5. The summed E-state index contributed by atoms with van der Waals surface area (Å²) < 4.78 is 38.9. The van der Waals surface area contributed by atoms with Crippen molar-refractivity contribution in [2.45, 2.75) is 49.8 Å². The molecule has 1 aromatic rings. The molecule has 0 radical (unpaired) electrons. The first kappa shape index (κ1) is 20.8.